The van der Waals surface area contributed by atoms with Crippen molar-refractivity contribution in [2.24, 2.45) is 5.92 Å². The number of amides is 1. The number of aromatic nitrogens is 3. The molecular formula is C13H23N5O2. The Morgan fingerprint density at radius 2 is 2.40 bits per heavy atom. The summed E-state index contributed by atoms with van der Waals surface area (Å²) in [7, 11) is 1.61. The summed E-state index contributed by atoms with van der Waals surface area (Å²) < 4.78 is 6.53. The minimum atomic E-state index is -0.0862. The van der Waals surface area contributed by atoms with E-state index in [1.807, 2.05) is 6.92 Å². The number of hydrogen-bond donors (Lipinski definition) is 2. The van der Waals surface area contributed by atoms with Crippen LogP contribution in [0.5, 0.6) is 0 Å². The molecule has 1 aliphatic carbocycles. The molecule has 1 atom stereocenters. The topological polar surface area (TPSA) is 81.1 Å². The van der Waals surface area contributed by atoms with Crippen LogP contribution in [0, 0.1) is 5.92 Å². The molecule has 1 unspecified atom stereocenters. The fourth-order valence-corrected chi connectivity index (χ4v) is 1.98. The summed E-state index contributed by atoms with van der Waals surface area (Å²) in [6.07, 6.45) is 4.47. The largest absolute Gasteiger partial charge is 0.383 e. The lowest BCUT2D eigenvalue weighted by atomic mass is 10.3. The van der Waals surface area contributed by atoms with Crippen LogP contribution in [0.2, 0.25) is 0 Å². The Bertz CT molecular complexity index is 430. The highest BCUT2D eigenvalue weighted by molar-refractivity contribution is 5.75. The van der Waals surface area contributed by atoms with Crippen LogP contribution in [0.4, 0.5) is 0 Å². The van der Waals surface area contributed by atoms with Crippen LogP contribution in [0.15, 0.2) is 6.20 Å². The third-order valence-electron chi connectivity index (χ3n) is 3.15. The standard InChI is InChI=1S/C13H23N5O2/c1-10(9-20-2)15-13(19)8-18-7-12(16-17-18)6-14-5-11-3-4-11/h7,10-11,14H,3-6,8-9H2,1-2H3,(H,15,19). The Labute approximate surface area is 119 Å². The molecular weight excluding hydrogens is 258 g/mol. The minimum absolute atomic E-state index is 0.00398. The van der Waals surface area contributed by atoms with Crippen LogP contribution >= 0.6 is 0 Å². The highest BCUT2D eigenvalue weighted by Crippen LogP contribution is 2.27. The molecule has 7 nitrogen and oxygen atoms in total. The normalized spacial score (nSPS) is 16.1. The van der Waals surface area contributed by atoms with Crippen molar-refractivity contribution in [1.29, 1.82) is 0 Å². The molecule has 2 N–H and O–H groups in total. The summed E-state index contributed by atoms with van der Waals surface area (Å²) in [5.74, 6) is 0.759. The van der Waals surface area contributed by atoms with Crippen molar-refractivity contribution in [3.63, 3.8) is 0 Å². The van der Waals surface area contributed by atoms with E-state index >= 15 is 0 Å². The van der Waals surface area contributed by atoms with Gasteiger partial charge in [-0.1, -0.05) is 5.21 Å². The van der Waals surface area contributed by atoms with E-state index in [1.54, 1.807) is 18.0 Å². The van der Waals surface area contributed by atoms with Gasteiger partial charge in [0.2, 0.25) is 5.91 Å². The molecule has 1 aliphatic rings. The molecule has 1 aromatic heterocycles. The van der Waals surface area contributed by atoms with Gasteiger partial charge < -0.3 is 15.4 Å². The third-order valence-corrected chi connectivity index (χ3v) is 3.15. The van der Waals surface area contributed by atoms with E-state index < -0.39 is 0 Å². The van der Waals surface area contributed by atoms with Gasteiger partial charge in [0.1, 0.15) is 6.54 Å². The molecule has 20 heavy (non-hydrogen) atoms. The molecule has 1 aromatic rings. The van der Waals surface area contributed by atoms with Crippen LogP contribution in [0.25, 0.3) is 0 Å². The van der Waals surface area contributed by atoms with E-state index in [9.17, 15) is 4.79 Å². The first kappa shape index (κ1) is 14.9. The SMILES string of the molecule is COCC(C)NC(=O)Cn1cc(CNCC2CC2)nn1. The molecule has 1 heterocycles. The van der Waals surface area contributed by atoms with Crippen molar-refractivity contribution in [3.05, 3.63) is 11.9 Å². The third kappa shape index (κ3) is 5.26. The van der Waals surface area contributed by atoms with Crippen molar-refractivity contribution < 1.29 is 9.53 Å². The highest BCUT2D eigenvalue weighted by Gasteiger charge is 2.20. The van der Waals surface area contributed by atoms with Crippen LogP contribution < -0.4 is 10.6 Å². The van der Waals surface area contributed by atoms with Gasteiger partial charge in [-0.3, -0.25) is 4.79 Å². The maximum Gasteiger partial charge on any atom is 0.242 e. The van der Waals surface area contributed by atoms with E-state index in [0.29, 0.717) is 13.2 Å². The summed E-state index contributed by atoms with van der Waals surface area (Å²) in [5, 5.41) is 14.2. The summed E-state index contributed by atoms with van der Waals surface area (Å²) >= 11 is 0. The lowest BCUT2D eigenvalue weighted by Crippen LogP contribution is -2.37. The predicted octanol–water partition coefficient (Wildman–Crippen LogP) is -0.0712. The Morgan fingerprint density at radius 3 is 3.10 bits per heavy atom. The van der Waals surface area contributed by atoms with E-state index in [0.717, 1.165) is 18.2 Å². The zero-order valence-electron chi connectivity index (χ0n) is 12.1. The van der Waals surface area contributed by atoms with Crippen molar-refractivity contribution in [2.45, 2.75) is 38.9 Å². The van der Waals surface area contributed by atoms with E-state index in [4.69, 9.17) is 4.74 Å². The van der Waals surface area contributed by atoms with Crippen molar-refractivity contribution in [1.82, 2.24) is 25.6 Å². The number of nitrogens with one attached hydrogen (secondary N) is 2. The number of nitrogens with zero attached hydrogens (tertiary/aromatic N) is 3. The maximum absolute atomic E-state index is 11.7. The molecule has 0 saturated heterocycles. The highest BCUT2D eigenvalue weighted by atomic mass is 16.5. The Hall–Kier alpha value is -1.47. The number of ether oxygens (including phenoxy) is 1. The van der Waals surface area contributed by atoms with Crippen molar-refractivity contribution in [3.8, 4) is 0 Å². The fourth-order valence-electron chi connectivity index (χ4n) is 1.98. The first-order valence-corrected chi connectivity index (χ1v) is 7.05. The number of carbonyl (C=O) groups excluding carboxylic acids is 1. The Morgan fingerprint density at radius 1 is 1.60 bits per heavy atom. The minimum Gasteiger partial charge on any atom is -0.383 e. The molecule has 2 rings (SSSR count). The smallest absolute Gasteiger partial charge is 0.242 e. The summed E-state index contributed by atoms with van der Waals surface area (Å²) in [6, 6.07) is -0.00398. The maximum atomic E-state index is 11.7. The van der Waals surface area contributed by atoms with E-state index in [-0.39, 0.29) is 18.5 Å². The number of carbonyl (C=O) groups is 1. The molecule has 0 radical (unpaired) electrons. The van der Waals surface area contributed by atoms with E-state index in [1.165, 1.54) is 12.8 Å². The van der Waals surface area contributed by atoms with Crippen molar-refractivity contribution >= 4 is 5.91 Å². The number of rotatable bonds is 9. The average Bonchev–Trinajstić information content (AvgIpc) is 3.10. The van der Waals surface area contributed by atoms with Gasteiger partial charge in [0, 0.05) is 19.7 Å². The van der Waals surface area contributed by atoms with Gasteiger partial charge in [0.25, 0.3) is 0 Å². The van der Waals surface area contributed by atoms with Crippen LogP contribution in [-0.4, -0.2) is 47.2 Å². The van der Waals surface area contributed by atoms with E-state index in [2.05, 4.69) is 20.9 Å². The van der Waals surface area contributed by atoms with Gasteiger partial charge in [-0.25, -0.2) is 4.68 Å². The average molecular weight is 281 g/mol. The Balaban J connectivity index is 1.69. The van der Waals surface area contributed by atoms with Crippen LogP contribution in [0.3, 0.4) is 0 Å². The molecule has 1 amide bonds. The fraction of sp³-hybridized carbons (Fsp3) is 0.769. The second-order valence-corrected chi connectivity index (χ2v) is 5.41. The first-order chi connectivity index (χ1) is 9.67. The van der Waals surface area contributed by atoms with Gasteiger partial charge in [-0.2, -0.15) is 0 Å². The molecule has 0 bridgehead atoms. The van der Waals surface area contributed by atoms with Crippen LogP contribution in [0.1, 0.15) is 25.5 Å². The molecule has 1 fully saturated rings. The number of methoxy groups -OCH3 is 1. The second-order valence-electron chi connectivity index (χ2n) is 5.41. The van der Waals surface area contributed by atoms with Gasteiger partial charge in [0.05, 0.1) is 18.5 Å². The van der Waals surface area contributed by atoms with Gasteiger partial charge in [-0.15, -0.1) is 5.10 Å². The summed E-state index contributed by atoms with van der Waals surface area (Å²) in [4.78, 5) is 11.7. The molecule has 7 heteroatoms. The quantitative estimate of drug-likeness (QED) is 0.662. The summed E-state index contributed by atoms with van der Waals surface area (Å²) in [6.45, 7) is 4.33. The zero-order chi connectivity index (χ0) is 14.4. The molecule has 1 saturated carbocycles. The van der Waals surface area contributed by atoms with Gasteiger partial charge in [-0.05, 0) is 32.2 Å². The van der Waals surface area contributed by atoms with Gasteiger partial charge >= 0.3 is 0 Å². The van der Waals surface area contributed by atoms with Gasteiger partial charge in [0.15, 0.2) is 0 Å². The monoisotopic (exact) mass is 281 g/mol. The first-order valence-electron chi connectivity index (χ1n) is 7.05. The van der Waals surface area contributed by atoms with Crippen molar-refractivity contribution in [2.75, 3.05) is 20.3 Å². The molecule has 112 valence electrons. The van der Waals surface area contributed by atoms with Crippen LogP contribution in [-0.2, 0) is 22.6 Å². The lowest BCUT2D eigenvalue weighted by molar-refractivity contribution is -0.122. The molecule has 0 spiro atoms. The zero-order valence-corrected chi connectivity index (χ0v) is 12.1. The Kier molecular flexibility index (Phi) is 5.49. The predicted molar refractivity (Wildman–Crippen MR) is 73.9 cm³/mol. The second kappa shape index (κ2) is 7.35. The lowest BCUT2D eigenvalue weighted by Gasteiger charge is -2.12. The molecule has 0 aromatic carbocycles. The number of hydrogen-bond acceptors (Lipinski definition) is 5. The summed E-state index contributed by atoms with van der Waals surface area (Å²) in [5.41, 5.74) is 0.864. The molecule has 0 aliphatic heterocycles.